The Morgan fingerprint density at radius 1 is 1.00 bits per heavy atom. The summed E-state index contributed by atoms with van der Waals surface area (Å²) in [6.07, 6.45) is -3.95. The first-order chi connectivity index (χ1) is 11.7. The van der Waals surface area contributed by atoms with Gasteiger partial charge in [0.2, 0.25) is 5.91 Å². The molecule has 5 nitrogen and oxygen atoms in total. The maximum Gasteiger partial charge on any atom is 0.416 e. The minimum Gasteiger partial charge on any atom is -0.326 e. The molecular weight excluding hydrogens is 357 g/mol. The summed E-state index contributed by atoms with van der Waals surface area (Å²) >= 11 is -2.17. The van der Waals surface area contributed by atoms with Gasteiger partial charge in [-0.05, 0) is 48.4 Å². The van der Waals surface area contributed by atoms with Gasteiger partial charge in [-0.2, -0.15) is 13.2 Å². The van der Waals surface area contributed by atoms with Crippen molar-refractivity contribution in [3.8, 4) is 0 Å². The zero-order valence-corrected chi connectivity index (χ0v) is 13.7. The fourth-order valence-electron chi connectivity index (χ4n) is 2.06. The fourth-order valence-corrected chi connectivity index (χ4v) is 2.40. The highest BCUT2D eigenvalue weighted by Gasteiger charge is 2.29. The monoisotopic (exact) mass is 372 g/mol. The number of hydrogen-bond acceptors (Lipinski definition) is 2. The summed E-state index contributed by atoms with van der Waals surface area (Å²) < 4.78 is 59.0. The van der Waals surface area contributed by atoms with E-state index in [4.69, 9.17) is 4.55 Å². The van der Waals surface area contributed by atoms with Gasteiger partial charge in [-0.1, -0.05) is 12.1 Å². The first-order valence-corrected chi connectivity index (χ1v) is 8.28. The van der Waals surface area contributed by atoms with Gasteiger partial charge in [-0.15, -0.1) is 0 Å². The van der Waals surface area contributed by atoms with Crippen molar-refractivity contribution in [1.29, 1.82) is 0 Å². The Morgan fingerprint density at radius 3 is 2.08 bits per heavy atom. The number of amides is 1. The summed E-state index contributed by atoms with van der Waals surface area (Å²) in [7, 11) is 0. The van der Waals surface area contributed by atoms with Gasteiger partial charge < -0.3 is 5.32 Å². The molecule has 0 aromatic heterocycles. The first kappa shape index (κ1) is 18.9. The number of carbonyl (C=O) groups is 1. The Labute approximate surface area is 144 Å². The molecule has 0 saturated heterocycles. The standard InChI is InChI=1S/C16H15F3N2O3S/c17-16(18,19)12-4-1-11(2-5-12)3-10-15(22)20-13-6-8-14(9-7-13)21-25(23)24/h1-2,4-9,21H,3,10H2,(H,20,22)(H,23,24). The van der Waals surface area contributed by atoms with Crippen molar-refractivity contribution in [3.63, 3.8) is 0 Å². The molecule has 134 valence electrons. The summed E-state index contributed by atoms with van der Waals surface area (Å²) in [5.41, 5.74) is 0.835. The van der Waals surface area contributed by atoms with Crippen LogP contribution in [0.4, 0.5) is 24.5 Å². The number of aryl methyl sites for hydroxylation is 1. The number of anilines is 2. The summed E-state index contributed by atoms with van der Waals surface area (Å²) in [4.78, 5) is 11.9. The Morgan fingerprint density at radius 2 is 1.56 bits per heavy atom. The second-order valence-corrected chi connectivity index (χ2v) is 5.87. The molecule has 25 heavy (non-hydrogen) atoms. The molecule has 3 N–H and O–H groups in total. The number of halogens is 3. The molecule has 2 rings (SSSR count). The van der Waals surface area contributed by atoms with E-state index in [1.165, 1.54) is 24.3 Å². The molecule has 0 fully saturated rings. The van der Waals surface area contributed by atoms with Crippen molar-refractivity contribution in [1.82, 2.24) is 0 Å². The molecule has 0 aliphatic rings. The summed E-state index contributed by atoms with van der Waals surface area (Å²) in [6, 6.07) is 10.9. The van der Waals surface area contributed by atoms with Crippen LogP contribution in [0.25, 0.3) is 0 Å². The van der Waals surface area contributed by atoms with Crippen LogP contribution >= 0.6 is 0 Å². The molecule has 1 amide bonds. The normalized spacial score (nSPS) is 12.5. The predicted octanol–water partition coefficient (Wildman–Crippen LogP) is 3.83. The molecule has 1 unspecified atom stereocenters. The topological polar surface area (TPSA) is 78.4 Å². The third-order valence-electron chi connectivity index (χ3n) is 3.30. The average Bonchev–Trinajstić information content (AvgIpc) is 2.54. The fraction of sp³-hybridized carbons (Fsp3) is 0.188. The Kier molecular flexibility index (Phi) is 6.16. The van der Waals surface area contributed by atoms with Gasteiger partial charge in [-0.3, -0.25) is 14.1 Å². The third kappa shape index (κ3) is 6.20. The number of carbonyl (C=O) groups excluding carboxylic acids is 1. The van der Waals surface area contributed by atoms with Crippen LogP contribution in [0.2, 0.25) is 0 Å². The molecule has 1 atom stereocenters. The molecule has 0 bridgehead atoms. The minimum absolute atomic E-state index is 0.117. The maximum atomic E-state index is 12.5. The molecular formula is C16H15F3N2O3S. The van der Waals surface area contributed by atoms with Gasteiger partial charge >= 0.3 is 6.18 Å². The number of alkyl halides is 3. The number of nitrogens with one attached hydrogen (secondary N) is 2. The van der Waals surface area contributed by atoms with Crippen LogP contribution in [0.3, 0.4) is 0 Å². The molecule has 0 heterocycles. The largest absolute Gasteiger partial charge is 0.416 e. The maximum absolute atomic E-state index is 12.5. The highest BCUT2D eigenvalue weighted by molar-refractivity contribution is 7.80. The van der Waals surface area contributed by atoms with E-state index in [9.17, 15) is 22.2 Å². The average molecular weight is 372 g/mol. The van der Waals surface area contributed by atoms with Gasteiger partial charge in [-0.25, -0.2) is 4.21 Å². The summed E-state index contributed by atoms with van der Waals surface area (Å²) in [6.45, 7) is 0. The number of benzene rings is 2. The number of rotatable bonds is 6. The van der Waals surface area contributed by atoms with Gasteiger partial charge in [0.25, 0.3) is 11.3 Å². The SMILES string of the molecule is O=C(CCc1ccc(C(F)(F)F)cc1)Nc1ccc(NS(=O)O)cc1. The summed E-state index contributed by atoms with van der Waals surface area (Å²) in [5, 5.41) is 2.64. The van der Waals surface area contributed by atoms with Crippen LogP contribution in [-0.2, 0) is 28.7 Å². The summed E-state index contributed by atoms with van der Waals surface area (Å²) in [5.74, 6) is -0.286. The van der Waals surface area contributed by atoms with E-state index < -0.39 is 23.0 Å². The zero-order valence-electron chi connectivity index (χ0n) is 12.8. The highest BCUT2D eigenvalue weighted by Crippen LogP contribution is 2.29. The number of hydrogen-bond donors (Lipinski definition) is 3. The van der Waals surface area contributed by atoms with Crippen LogP contribution in [0.15, 0.2) is 48.5 Å². The molecule has 0 aliphatic carbocycles. The molecule has 0 spiro atoms. The van der Waals surface area contributed by atoms with Gasteiger partial charge in [0, 0.05) is 17.8 Å². The minimum atomic E-state index is -4.38. The van der Waals surface area contributed by atoms with E-state index in [1.807, 2.05) is 0 Å². The Balaban J connectivity index is 1.85. The first-order valence-electron chi connectivity index (χ1n) is 7.17. The third-order valence-corrected chi connectivity index (χ3v) is 3.71. The lowest BCUT2D eigenvalue weighted by Crippen LogP contribution is -2.12. The van der Waals surface area contributed by atoms with Crippen molar-refractivity contribution >= 4 is 28.5 Å². The zero-order chi connectivity index (χ0) is 18.4. The lowest BCUT2D eigenvalue weighted by atomic mass is 10.1. The van der Waals surface area contributed by atoms with Gasteiger partial charge in [0.1, 0.15) is 0 Å². The molecule has 0 saturated carbocycles. The second-order valence-electron chi connectivity index (χ2n) is 5.17. The van der Waals surface area contributed by atoms with E-state index in [1.54, 1.807) is 12.1 Å². The Hall–Kier alpha value is -2.39. The van der Waals surface area contributed by atoms with E-state index in [2.05, 4.69) is 10.0 Å². The van der Waals surface area contributed by atoms with E-state index in [0.29, 0.717) is 23.4 Å². The molecule has 2 aromatic rings. The van der Waals surface area contributed by atoms with Gasteiger partial charge in [0.05, 0.1) is 5.56 Å². The van der Waals surface area contributed by atoms with E-state index in [0.717, 1.165) is 12.1 Å². The van der Waals surface area contributed by atoms with Crippen molar-refractivity contribution < 1.29 is 26.7 Å². The lowest BCUT2D eigenvalue weighted by molar-refractivity contribution is -0.137. The van der Waals surface area contributed by atoms with E-state index >= 15 is 0 Å². The van der Waals surface area contributed by atoms with Crippen molar-refractivity contribution in [2.45, 2.75) is 19.0 Å². The van der Waals surface area contributed by atoms with Crippen molar-refractivity contribution in [2.75, 3.05) is 10.0 Å². The van der Waals surface area contributed by atoms with Crippen molar-refractivity contribution in [2.24, 2.45) is 0 Å². The van der Waals surface area contributed by atoms with Crippen LogP contribution in [0, 0.1) is 0 Å². The molecule has 0 aliphatic heterocycles. The molecule has 9 heteroatoms. The Bertz CT molecular complexity index is 747. The van der Waals surface area contributed by atoms with E-state index in [-0.39, 0.29) is 12.3 Å². The lowest BCUT2D eigenvalue weighted by Gasteiger charge is -2.08. The molecule has 2 aromatic carbocycles. The molecule has 0 radical (unpaired) electrons. The van der Waals surface area contributed by atoms with Crippen LogP contribution in [0.5, 0.6) is 0 Å². The van der Waals surface area contributed by atoms with Crippen LogP contribution in [-0.4, -0.2) is 14.7 Å². The van der Waals surface area contributed by atoms with Gasteiger partial charge in [0.15, 0.2) is 0 Å². The smallest absolute Gasteiger partial charge is 0.326 e. The van der Waals surface area contributed by atoms with Crippen LogP contribution < -0.4 is 10.0 Å². The quantitative estimate of drug-likeness (QED) is 0.675. The van der Waals surface area contributed by atoms with Crippen molar-refractivity contribution in [3.05, 3.63) is 59.7 Å². The second kappa shape index (κ2) is 8.13. The predicted molar refractivity (Wildman–Crippen MR) is 89.2 cm³/mol. The highest BCUT2D eigenvalue weighted by atomic mass is 32.2. The van der Waals surface area contributed by atoms with Crippen LogP contribution in [0.1, 0.15) is 17.5 Å².